The van der Waals surface area contributed by atoms with E-state index < -0.39 is 0 Å². The molecule has 0 N–H and O–H groups in total. The fourth-order valence-corrected chi connectivity index (χ4v) is 10.7. The summed E-state index contributed by atoms with van der Waals surface area (Å²) in [5, 5.41) is 3.00. The van der Waals surface area contributed by atoms with Crippen LogP contribution in [0.15, 0.2) is 108 Å². The number of aryl methyl sites for hydroxylation is 8. The van der Waals surface area contributed by atoms with Crippen molar-refractivity contribution in [2.45, 2.75) is 67.2 Å². The third-order valence-electron chi connectivity index (χ3n) is 8.59. The molecule has 4 aromatic carbocycles. The zero-order valence-corrected chi connectivity index (χ0v) is 29.1. The first kappa shape index (κ1) is 30.5. The molecule has 0 fully saturated rings. The highest BCUT2D eigenvalue weighted by atomic mass is 31.7. The van der Waals surface area contributed by atoms with Crippen LogP contribution >= 0.6 is 15.7 Å². The third-order valence-corrected chi connectivity index (χ3v) is 11.8. The summed E-state index contributed by atoms with van der Waals surface area (Å²) in [6.45, 7) is 17.7. The maximum Gasteiger partial charge on any atom is 0.0326 e. The van der Waals surface area contributed by atoms with Crippen LogP contribution in [0.25, 0.3) is 11.1 Å². The highest BCUT2D eigenvalue weighted by Gasteiger charge is 2.26. The topological polar surface area (TPSA) is 0 Å². The molecule has 0 spiro atoms. The minimum absolute atomic E-state index is 0.276. The third kappa shape index (κ3) is 6.44. The molecule has 2 aliphatic carbocycles. The smallest absolute Gasteiger partial charge is 0.0326 e. The molecule has 0 radical (unpaired) electrons. The largest absolute Gasteiger partial charge is 0.0716 e. The molecule has 4 aromatic rings. The van der Waals surface area contributed by atoms with Crippen molar-refractivity contribution in [2.24, 2.45) is 0 Å². The number of hydrogen-bond donors (Lipinski definition) is 0. The van der Waals surface area contributed by atoms with Crippen LogP contribution in [0.1, 0.15) is 78.6 Å². The first-order valence-electron chi connectivity index (χ1n) is 15.6. The van der Waals surface area contributed by atoms with Crippen LogP contribution < -0.4 is 0 Å². The first-order chi connectivity index (χ1) is 21.0. The molecule has 0 aliphatic heterocycles. The predicted octanol–water partition coefficient (Wildman–Crippen LogP) is 12.8. The zero-order chi connectivity index (χ0) is 31.1. The van der Waals surface area contributed by atoms with E-state index in [9.17, 15) is 0 Å². The van der Waals surface area contributed by atoms with Gasteiger partial charge in [0.2, 0.25) is 0 Å². The minimum Gasteiger partial charge on any atom is -0.0716 e. The van der Waals surface area contributed by atoms with Gasteiger partial charge in [-0.15, -0.1) is 0 Å². The number of allylic oxidation sites excluding steroid dienone is 8. The molecule has 0 saturated carbocycles. The Labute approximate surface area is 267 Å². The van der Waals surface area contributed by atoms with Gasteiger partial charge in [0.05, 0.1) is 0 Å². The Morgan fingerprint density at radius 2 is 0.636 bits per heavy atom. The van der Waals surface area contributed by atoms with Gasteiger partial charge in [-0.2, -0.15) is 0 Å². The molecule has 2 atom stereocenters. The fourth-order valence-electron chi connectivity index (χ4n) is 7.08. The highest BCUT2D eigenvalue weighted by molar-refractivity contribution is 7.88. The molecule has 0 amide bonds. The minimum atomic E-state index is 0.276. The monoisotopic (exact) mass is 608 g/mol. The van der Waals surface area contributed by atoms with Gasteiger partial charge < -0.3 is 0 Å². The Hall–Kier alpha value is -3.56. The lowest BCUT2D eigenvalue weighted by Gasteiger charge is -2.17. The summed E-state index contributed by atoms with van der Waals surface area (Å²) >= 11 is 0. The predicted molar refractivity (Wildman–Crippen MR) is 195 cm³/mol. The zero-order valence-electron chi connectivity index (χ0n) is 27.3. The Balaban J connectivity index is 1.54. The van der Waals surface area contributed by atoms with Crippen LogP contribution in [0.3, 0.4) is 0 Å². The maximum absolute atomic E-state index is 2.44. The van der Waals surface area contributed by atoms with E-state index in [1.54, 1.807) is 0 Å². The SMILES string of the molecule is Cc1cc(C)cc(C2=C(P=PC3=C(c4cc(C)cc(C)c4)C=CC3c3cc(C)cc(C)c3)C(c3cc(C)cc(C)c3)C=C2)c1. The molecule has 2 heteroatoms. The van der Waals surface area contributed by atoms with Crippen molar-refractivity contribution in [3.05, 3.63) is 174 Å². The van der Waals surface area contributed by atoms with Gasteiger partial charge in [0.25, 0.3) is 0 Å². The second-order valence-electron chi connectivity index (χ2n) is 13.1. The average Bonchev–Trinajstić information content (AvgIpc) is 3.54. The van der Waals surface area contributed by atoms with E-state index in [2.05, 4.69) is 152 Å². The number of benzene rings is 4. The molecule has 44 heavy (non-hydrogen) atoms. The van der Waals surface area contributed by atoms with Gasteiger partial charge in [-0.25, -0.2) is 0 Å². The Morgan fingerprint density at radius 3 is 0.932 bits per heavy atom. The van der Waals surface area contributed by atoms with Gasteiger partial charge in [0.15, 0.2) is 0 Å². The van der Waals surface area contributed by atoms with E-state index in [0.717, 1.165) is 0 Å². The van der Waals surface area contributed by atoms with Gasteiger partial charge in [-0.05, 0) is 105 Å². The highest BCUT2D eigenvalue weighted by Crippen LogP contribution is 2.54. The number of rotatable bonds is 6. The van der Waals surface area contributed by atoms with Gasteiger partial charge in [0, 0.05) is 22.5 Å². The lowest BCUT2D eigenvalue weighted by atomic mass is 9.95. The van der Waals surface area contributed by atoms with E-state index in [-0.39, 0.29) is 11.8 Å². The summed E-state index contributed by atoms with van der Waals surface area (Å²) in [7, 11) is 2.68. The molecule has 0 heterocycles. The van der Waals surface area contributed by atoms with Crippen molar-refractivity contribution in [3.63, 3.8) is 0 Å². The summed E-state index contributed by atoms with van der Waals surface area (Å²) in [5.74, 6) is 0.552. The standard InChI is InChI=1S/C42H42P2/c1-25-13-26(2)18-33(17-25)37-9-10-38(34-19-27(3)14-28(4)20-34)41(37)43-44-42-39(35-21-29(5)15-30(6)22-35)11-12-40(42)36-23-31(7)16-32(8)24-36/h9-24,37,39H,1-8H3. The van der Waals surface area contributed by atoms with Gasteiger partial charge in [0.1, 0.15) is 0 Å². The molecule has 6 rings (SSSR count). The van der Waals surface area contributed by atoms with E-state index in [4.69, 9.17) is 0 Å². The summed E-state index contributed by atoms with van der Waals surface area (Å²) < 4.78 is 0. The van der Waals surface area contributed by atoms with Crippen molar-refractivity contribution in [3.8, 4) is 0 Å². The molecule has 2 unspecified atom stereocenters. The molecule has 0 saturated heterocycles. The van der Waals surface area contributed by atoms with Crippen LogP contribution in [0.2, 0.25) is 0 Å². The lowest BCUT2D eigenvalue weighted by Crippen LogP contribution is -1.97. The fraction of sp³-hybridized carbons (Fsp3) is 0.238. The molecule has 2 aliphatic rings. The molecule has 220 valence electrons. The van der Waals surface area contributed by atoms with E-state index in [0.29, 0.717) is 0 Å². The van der Waals surface area contributed by atoms with Gasteiger partial charge >= 0.3 is 0 Å². The van der Waals surface area contributed by atoms with Gasteiger partial charge in [-0.1, -0.05) is 142 Å². The number of hydrogen-bond acceptors (Lipinski definition) is 0. The van der Waals surface area contributed by atoms with E-state index in [1.807, 2.05) is 0 Å². The normalized spacial score (nSPS) is 18.0. The van der Waals surface area contributed by atoms with Crippen molar-refractivity contribution >= 4 is 26.9 Å². The van der Waals surface area contributed by atoms with Crippen LogP contribution in [0.5, 0.6) is 0 Å². The Kier molecular flexibility index (Phi) is 8.61. The lowest BCUT2D eigenvalue weighted by molar-refractivity contribution is 1.07. The molecule has 0 nitrogen and oxygen atoms in total. The Bertz CT molecular complexity index is 1720. The molecular weight excluding hydrogens is 566 g/mol. The summed E-state index contributed by atoms with van der Waals surface area (Å²) in [6.07, 6.45) is 9.66. The summed E-state index contributed by atoms with van der Waals surface area (Å²) in [5.41, 5.74) is 18.8. The van der Waals surface area contributed by atoms with Crippen molar-refractivity contribution < 1.29 is 0 Å². The molecule has 0 aromatic heterocycles. The van der Waals surface area contributed by atoms with Crippen LogP contribution in [0, 0.1) is 55.4 Å². The average molecular weight is 609 g/mol. The second kappa shape index (κ2) is 12.4. The first-order valence-corrected chi connectivity index (χ1v) is 18.1. The quantitative estimate of drug-likeness (QED) is 0.191. The van der Waals surface area contributed by atoms with Crippen molar-refractivity contribution in [1.29, 1.82) is 0 Å². The van der Waals surface area contributed by atoms with Crippen molar-refractivity contribution in [1.82, 2.24) is 0 Å². The summed E-state index contributed by atoms with van der Waals surface area (Å²) in [4.78, 5) is 0. The molecular formula is C42H42P2. The Morgan fingerprint density at radius 1 is 0.364 bits per heavy atom. The summed E-state index contributed by atoms with van der Waals surface area (Å²) in [6, 6.07) is 28.1. The maximum atomic E-state index is 2.44. The van der Waals surface area contributed by atoms with Crippen LogP contribution in [-0.4, -0.2) is 0 Å². The van der Waals surface area contributed by atoms with Crippen LogP contribution in [0.4, 0.5) is 0 Å². The van der Waals surface area contributed by atoms with E-state index in [1.165, 1.54) is 104 Å². The van der Waals surface area contributed by atoms with Crippen LogP contribution in [-0.2, 0) is 0 Å². The molecule has 0 bridgehead atoms. The van der Waals surface area contributed by atoms with Crippen molar-refractivity contribution in [2.75, 3.05) is 0 Å². The van der Waals surface area contributed by atoms with E-state index >= 15 is 0 Å². The van der Waals surface area contributed by atoms with Gasteiger partial charge in [-0.3, -0.25) is 0 Å². The second-order valence-corrected chi connectivity index (χ2v) is 15.6.